The fourth-order valence-electron chi connectivity index (χ4n) is 24.1. The van der Waals surface area contributed by atoms with E-state index in [1.165, 1.54) is 122 Å². The summed E-state index contributed by atoms with van der Waals surface area (Å²) in [6, 6.07) is 151. The van der Waals surface area contributed by atoms with E-state index in [2.05, 4.69) is 435 Å². The third-order valence-corrected chi connectivity index (χ3v) is 29.4. The number of hydrogen-bond acceptors (Lipinski definition) is 5. The third kappa shape index (κ3) is 11.9. The Morgan fingerprint density at radius 1 is 0.272 bits per heavy atom. The van der Waals surface area contributed by atoms with Gasteiger partial charge in [-0.1, -0.05) is 343 Å². The second-order valence-corrected chi connectivity index (χ2v) is 37.2. The van der Waals surface area contributed by atoms with E-state index in [0.717, 1.165) is 141 Å². The quantitative estimate of drug-likeness (QED) is 0.107. The number of ether oxygens (including phenoxy) is 1. The molecule has 6 unspecified atom stereocenters. The van der Waals surface area contributed by atoms with Gasteiger partial charge in [-0.05, 0) is 239 Å². The predicted molar refractivity (Wildman–Crippen MR) is 526 cm³/mol. The van der Waals surface area contributed by atoms with Gasteiger partial charge in [0, 0.05) is 91.3 Å². The molecule has 7 heteroatoms. The van der Waals surface area contributed by atoms with Crippen LogP contribution < -0.4 is 57.1 Å². The van der Waals surface area contributed by atoms with Crippen molar-refractivity contribution in [1.29, 1.82) is 0 Å². The first-order chi connectivity index (χ1) is 61.7. The summed E-state index contributed by atoms with van der Waals surface area (Å²) in [7, 11) is 0. The summed E-state index contributed by atoms with van der Waals surface area (Å²) in [5.41, 5.74) is 40.6. The number of para-hydroxylation sites is 2. The van der Waals surface area contributed by atoms with Crippen LogP contribution in [0.4, 0.5) is 56.9 Å². The summed E-state index contributed by atoms with van der Waals surface area (Å²) in [5.74, 6) is 4.77. The molecule has 5 fully saturated rings. The molecule has 0 amide bonds. The van der Waals surface area contributed by atoms with Crippen LogP contribution in [0.15, 0.2) is 394 Å². The summed E-state index contributed by atoms with van der Waals surface area (Å²) in [5, 5.41) is 0. The minimum Gasteiger partial charge on any atom is -0.458 e. The van der Waals surface area contributed by atoms with Gasteiger partial charge in [-0.15, -0.1) is 0 Å². The zero-order valence-electron chi connectivity index (χ0n) is 70.6. The summed E-state index contributed by atoms with van der Waals surface area (Å²) in [6.45, 7) is 6.53. The van der Waals surface area contributed by atoms with Gasteiger partial charge in [0.25, 0.3) is 13.4 Å². The molecule has 6 atom stereocenters. The number of piperidine rings is 2. The molecule has 17 aromatic carbocycles. The maximum Gasteiger partial charge on any atom is 0.256 e. The van der Waals surface area contributed by atoms with Crippen molar-refractivity contribution < 1.29 is 4.74 Å². The Balaban J connectivity index is 0.811. The monoisotopic (exact) mass is 1600 g/mol. The van der Waals surface area contributed by atoms with Crippen molar-refractivity contribution in [2.45, 2.75) is 76.8 Å². The van der Waals surface area contributed by atoms with E-state index in [4.69, 9.17) is 4.74 Å². The number of fused-ring (bicyclic) bond motifs is 8. The summed E-state index contributed by atoms with van der Waals surface area (Å²) in [6.07, 6.45) is 7.75. The van der Waals surface area contributed by atoms with Crippen molar-refractivity contribution in [2.24, 2.45) is 23.7 Å². The van der Waals surface area contributed by atoms with E-state index in [1.54, 1.807) is 0 Å². The van der Waals surface area contributed by atoms with E-state index in [1.807, 2.05) is 0 Å². The molecule has 0 spiro atoms. The van der Waals surface area contributed by atoms with Crippen LogP contribution in [0.5, 0.6) is 11.5 Å². The third-order valence-electron chi connectivity index (χ3n) is 29.4. The predicted octanol–water partition coefficient (Wildman–Crippen LogP) is 26.9. The first-order valence-corrected chi connectivity index (χ1v) is 45.3. The molecular weight excluding hydrogens is 1510 g/mol. The van der Waals surface area contributed by atoms with Crippen LogP contribution in [0.1, 0.15) is 64.9 Å². The SMILES string of the molecule is CC(C)(C)c1cc2c3c(c1)N(c1c(-c4ccccc4)cc(-c4ccccc4)cc1-c1ccccc1)c1ccccc1B3c1cc3c(cc1O2)N(c1c(-c2ccccc2)cc(-c2ccccc2)cc1-c1ccccc1)c1cc(N2C4CC5CC2C2CCCC5C2C4)cc2c1B3c1ccccc1N2c1c(-c2ccccc2)cc(-c2ccccc2)cc1-c1ccccc1. The molecule has 125 heavy (non-hydrogen) atoms. The van der Waals surface area contributed by atoms with Crippen molar-refractivity contribution in [1.82, 2.24) is 0 Å². The fourth-order valence-corrected chi connectivity index (χ4v) is 24.1. The Hall–Kier alpha value is -14.1. The average Bonchev–Trinajstić information content (AvgIpc) is 0.678. The van der Waals surface area contributed by atoms with E-state index in [9.17, 15) is 0 Å². The van der Waals surface area contributed by atoms with Gasteiger partial charge >= 0.3 is 0 Å². The molecule has 5 nitrogen and oxygen atoms in total. The standard InChI is InChI=1S/C118H92B2N4O/c1-118(2,3)88-68-108-114-112(69-88)125-111-74-107-102(73-103(111)120(114)101-57-32-34-59-105(101)122(108)115-93(78-42-19-7-20-43-78)61-84(75-36-13-4-14-37-75)62-94(115)79-44-21-8-22-45-79)119-100-56-31-33-58-104(100)123(116-95(80-46-23-9-24-47-80)63-85(76-38-15-5-16-39-76)64-96(116)81-48-25-10-26-49-81)109-71-90(121-89-60-87-67-106(121)92-55-35-54-91(87)99(92)70-89)72-110(113(109)119)124(107)117-97(82-50-27-11-28-51-82)65-86(77-40-17-6-18-41-77)66-98(117)83-52-29-12-30-53-83/h4-34,36-53,56-59,61-66,68-69,71-74,87,89,91-92,99,106H,35,54-55,60,67,70H2,1-3H3. The Kier molecular flexibility index (Phi) is 17.2. The number of anilines is 10. The second-order valence-electron chi connectivity index (χ2n) is 37.2. The summed E-state index contributed by atoms with van der Waals surface area (Å²) < 4.78 is 8.27. The van der Waals surface area contributed by atoms with E-state index >= 15 is 0 Å². The lowest BCUT2D eigenvalue weighted by molar-refractivity contribution is -0.0593. The highest BCUT2D eigenvalue weighted by atomic mass is 16.5. The molecule has 596 valence electrons. The van der Waals surface area contributed by atoms with E-state index in [-0.39, 0.29) is 18.8 Å². The van der Waals surface area contributed by atoms with E-state index in [0.29, 0.717) is 18.0 Å². The molecule has 3 aliphatic carbocycles. The lowest BCUT2D eigenvalue weighted by atomic mass is 9.30. The maximum absolute atomic E-state index is 8.27. The molecular formula is C118H92B2N4O. The molecule has 0 radical (unpaired) electrons. The lowest BCUT2D eigenvalue weighted by Gasteiger charge is -2.66. The second kappa shape index (κ2) is 29.3. The molecule has 0 N–H and O–H groups in total. The number of nitrogens with zero attached hydrogens (tertiary/aromatic N) is 4. The van der Waals surface area contributed by atoms with Gasteiger partial charge in [-0.2, -0.15) is 0 Å². The Labute approximate surface area is 734 Å². The first kappa shape index (κ1) is 73.6. The number of rotatable bonds is 13. The largest absolute Gasteiger partial charge is 0.458 e. The van der Waals surface area contributed by atoms with Crippen molar-refractivity contribution in [3.8, 4) is 112 Å². The van der Waals surface area contributed by atoms with Gasteiger partial charge in [0.2, 0.25) is 0 Å². The molecule has 17 aromatic rings. The molecule has 6 heterocycles. The number of hydrogen-bond donors (Lipinski definition) is 0. The summed E-state index contributed by atoms with van der Waals surface area (Å²) in [4.78, 5) is 11.3. The van der Waals surface area contributed by atoms with Gasteiger partial charge in [0.1, 0.15) is 11.5 Å². The van der Waals surface area contributed by atoms with Gasteiger partial charge in [-0.3, -0.25) is 0 Å². The van der Waals surface area contributed by atoms with Crippen LogP contribution in [-0.4, -0.2) is 25.5 Å². The zero-order chi connectivity index (χ0) is 82.7. The lowest BCUT2D eigenvalue weighted by Crippen LogP contribution is -2.67. The Morgan fingerprint density at radius 3 is 1.02 bits per heavy atom. The topological polar surface area (TPSA) is 22.2 Å². The van der Waals surface area contributed by atoms with Gasteiger partial charge in [-0.25, -0.2) is 0 Å². The van der Waals surface area contributed by atoms with Crippen LogP contribution in [0.2, 0.25) is 0 Å². The van der Waals surface area contributed by atoms with E-state index < -0.39 is 0 Å². The average molecular weight is 1600 g/mol. The summed E-state index contributed by atoms with van der Waals surface area (Å²) >= 11 is 0. The van der Waals surface area contributed by atoms with Gasteiger partial charge < -0.3 is 24.3 Å². The molecule has 6 aliphatic heterocycles. The van der Waals surface area contributed by atoms with Crippen molar-refractivity contribution in [2.75, 3.05) is 19.6 Å². The van der Waals surface area contributed by atoms with Crippen LogP contribution in [0, 0.1) is 23.7 Å². The molecule has 26 rings (SSSR count). The molecule has 2 saturated heterocycles. The van der Waals surface area contributed by atoms with Crippen LogP contribution >= 0.6 is 0 Å². The smallest absolute Gasteiger partial charge is 0.256 e. The highest BCUT2D eigenvalue weighted by Gasteiger charge is 2.59. The highest BCUT2D eigenvalue weighted by Crippen LogP contribution is 2.63. The van der Waals surface area contributed by atoms with Crippen molar-refractivity contribution >= 4 is 103 Å². The van der Waals surface area contributed by atoms with Gasteiger partial charge in [0.05, 0.1) is 17.1 Å². The molecule has 3 saturated carbocycles. The molecule has 9 aliphatic rings. The Bertz CT molecular complexity index is 6930. The number of benzene rings is 17. The van der Waals surface area contributed by atoms with Crippen LogP contribution in [0.25, 0.3) is 100 Å². The fraction of sp³-hybridized carbons (Fsp3) is 0.136. The normalized spacial score (nSPS) is 18.1. The van der Waals surface area contributed by atoms with Gasteiger partial charge in [0.15, 0.2) is 0 Å². The Morgan fingerprint density at radius 2 is 0.624 bits per heavy atom. The van der Waals surface area contributed by atoms with Crippen molar-refractivity contribution in [3.05, 3.63) is 400 Å². The van der Waals surface area contributed by atoms with Crippen molar-refractivity contribution in [3.63, 3.8) is 0 Å². The molecule has 0 aromatic heterocycles. The molecule has 6 bridgehead atoms. The maximum atomic E-state index is 8.27. The zero-order valence-corrected chi connectivity index (χ0v) is 70.6. The minimum absolute atomic E-state index is 0.273. The highest BCUT2D eigenvalue weighted by molar-refractivity contribution is 7.02. The van der Waals surface area contributed by atoms with Crippen LogP contribution in [0.3, 0.4) is 0 Å². The first-order valence-electron chi connectivity index (χ1n) is 45.3. The van der Waals surface area contributed by atoms with Crippen LogP contribution in [-0.2, 0) is 5.41 Å². The minimum atomic E-state index is -0.295.